The molecular formula is C50H75N13O13. The Hall–Kier alpha value is -8.32. The standard InChI is InChI=1S/C50H75N13O13/c1-26(24-27(2)38(76-32(7)64)25-33-14-10-9-11-15-33)18-19-34-28(3)41(66)61-37(47(72)73)20-21-39(65)63(8)31(6)44(69)57-30(5)43(68)60-36(17-13-23-56-50(53)54)46(71)62-40(48(74)75)29(4)42(67)59-35(45(70)58-34)16-12-22-55-49(51)52/h9-11,14-15,18-19,24,27-30,34-38,40H,6,12-13,16-17,20-23,25H2,1-5,7-8H3,(H,57,69)(H,58,70)(H,59,67)(H,60,68)(H,61,66)(H,62,71)(H,72,73)(H,74,75)(H4,51,52,55)(H4,53,54,56). The molecule has 0 aromatic heterocycles. The summed E-state index contributed by atoms with van der Waals surface area (Å²) >= 11 is 0. The number of carboxylic acids is 2. The highest BCUT2D eigenvalue weighted by Crippen LogP contribution is 2.20. The van der Waals surface area contributed by atoms with Crippen LogP contribution in [-0.4, -0.2) is 149 Å². The quantitative estimate of drug-likeness (QED) is 0.0212. The van der Waals surface area contributed by atoms with Crippen molar-refractivity contribution in [3.8, 4) is 0 Å². The molecule has 1 aromatic carbocycles. The van der Waals surface area contributed by atoms with Crippen LogP contribution < -0.4 is 54.8 Å². The number of nitrogens with two attached hydrogens (primary N) is 4. The van der Waals surface area contributed by atoms with Crippen LogP contribution in [0.4, 0.5) is 0 Å². The normalized spacial score (nSPS) is 24.1. The summed E-state index contributed by atoms with van der Waals surface area (Å²) in [5.74, 6) is -14.1. The maximum absolute atomic E-state index is 14.4. The highest BCUT2D eigenvalue weighted by atomic mass is 16.5. The number of hydrogen-bond donors (Lipinski definition) is 12. The smallest absolute Gasteiger partial charge is 0.327 e. The summed E-state index contributed by atoms with van der Waals surface area (Å²) in [4.78, 5) is 143. The van der Waals surface area contributed by atoms with E-state index in [1.54, 1.807) is 13.0 Å². The van der Waals surface area contributed by atoms with Gasteiger partial charge in [-0.25, -0.2) is 9.59 Å². The molecule has 26 heteroatoms. The summed E-state index contributed by atoms with van der Waals surface area (Å²) in [7, 11) is 1.18. The third-order valence-corrected chi connectivity index (χ3v) is 12.2. The molecule has 0 aliphatic carbocycles. The van der Waals surface area contributed by atoms with E-state index in [9.17, 15) is 58.2 Å². The minimum atomic E-state index is -1.97. The summed E-state index contributed by atoms with van der Waals surface area (Å²) in [5.41, 5.74) is 22.9. The SMILES string of the molecule is C=C1C(=O)NC(C)C(=O)NC(CCCN=C(N)N)C(=O)NC(C(=O)O)C(C)C(=O)NC(CCCN=C(N)N)C(=O)NC(C=CC(C)=CC(C)C(Cc2ccccc2)OC(C)=O)C(C)C(=O)NC(C(=O)O)CCC(=O)N1C. The molecule has 0 spiro atoms. The Kier molecular flexibility index (Phi) is 26.4. The highest BCUT2D eigenvalue weighted by molar-refractivity contribution is 6.00. The van der Waals surface area contributed by atoms with Crippen molar-refractivity contribution < 1.29 is 62.9 Å². The van der Waals surface area contributed by atoms with E-state index in [0.29, 0.717) is 12.0 Å². The number of ether oxygens (including phenoxy) is 1. The number of likely N-dealkylation sites (N-methyl/N-ethyl adjacent to an activating group) is 1. The van der Waals surface area contributed by atoms with E-state index < -0.39 is 132 Å². The Morgan fingerprint density at radius 3 is 1.83 bits per heavy atom. The summed E-state index contributed by atoms with van der Waals surface area (Å²) < 4.78 is 5.67. The van der Waals surface area contributed by atoms with Gasteiger partial charge in [0.15, 0.2) is 11.9 Å². The number of carbonyl (C=O) groups excluding carboxylic acids is 8. The molecule has 0 saturated carbocycles. The van der Waals surface area contributed by atoms with Crippen LogP contribution in [0.3, 0.4) is 0 Å². The van der Waals surface area contributed by atoms with Gasteiger partial charge in [0.1, 0.15) is 42.0 Å². The lowest BCUT2D eigenvalue weighted by Gasteiger charge is -2.28. The molecular weight excluding hydrogens is 991 g/mol. The van der Waals surface area contributed by atoms with Crippen LogP contribution in [0, 0.1) is 17.8 Å². The van der Waals surface area contributed by atoms with Crippen LogP contribution in [0.25, 0.3) is 0 Å². The van der Waals surface area contributed by atoms with Gasteiger partial charge in [-0.2, -0.15) is 0 Å². The Morgan fingerprint density at radius 2 is 1.30 bits per heavy atom. The van der Waals surface area contributed by atoms with Crippen LogP contribution in [0.15, 0.2) is 76.4 Å². The Labute approximate surface area is 441 Å². The van der Waals surface area contributed by atoms with E-state index in [1.165, 1.54) is 40.8 Å². The van der Waals surface area contributed by atoms with E-state index in [-0.39, 0.29) is 56.6 Å². The molecule has 2 rings (SSSR count). The molecule has 1 heterocycles. The van der Waals surface area contributed by atoms with Crippen molar-refractivity contribution >= 4 is 71.2 Å². The molecule has 1 aromatic rings. The molecule has 10 atom stereocenters. The third kappa shape index (κ3) is 22.0. The van der Waals surface area contributed by atoms with E-state index in [0.717, 1.165) is 10.5 Å². The van der Waals surface area contributed by atoms with Gasteiger partial charge >= 0.3 is 17.9 Å². The fourth-order valence-electron chi connectivity index (χ4n) is 7.59. The summed E-state index contributed by atoms with van der Waals surface area (Å²) in [6, 6.07) is 0.0760. The number of nitrogens with one attached hydrogen (secondary N) is 6. The zero-order valence-electron chi connectivity index (χ0n) is 44.0. The van der Waals surface area contributed by atoms with Crippen LogP contribution in [-0.2, 0) is 59.1 Å². The molecule has 0 bridgehead atoms. The zero-order valence-corrected chi connectivity index (χ0v) is 44.0. The van der Waals surface area contributed by atoms with E-state index in [4.69, 9.17) is 27.7 Å². The number of hydrogen-bond acceptors (Lipinski definition) is 13. The number of esters is 1. The molecule has 418 valence electrons. The minimum absolute atomic E-state index is 0.0160. The Bertz CT molecular complexity index is 2390. The van der Waals surface area contributed by atoms with E-state index in [2.05, 4.69) is 48.5 Å². The van der Waals surface area contributed by atoms with Crippen molar-refractivity contribution in [3.05, 3.63) is 72.0 Å². The number of rotatable bonds is 17. The zero-order chi connectivity index (χ0) is 57.4. The number of aliphatic imine (C=N–C) groups is 2. The van der Waals surface area contributed by atoms with Crippen LogP contribution in [0.5, 0.6) is 0 Å². The maximum atomic E-state index is 14.4. The van der Waals surface area contributed by atoms with Gasteiger partial charge in [-0.15, -0.1) is 0 Å². The summed E-state index contributed by atoms with van der Waals surface area (Å²) in [5, 5.41) is 35.3. The molecule has 10 unspecified atom stereocenters. The second-order valence-corrected chi connectivity index (χ2v) is 18.5. The van der Waals surface area contributed by atoms with Crippen LogP contribution in [0.1, 0.15) is 85.6 Å². The average molecular weight is 1070 g/mol. The first-order valence-electron chi connectivity index (χ1n) is 24.6. The molecule has 16 N–H and O–H groups in total. The number of guanidine groups is 2. The predicted molar refractivity (Wildman–Crippen MR) is 280 cm³/mol. The van der Waals surface area contributed by atoms with Gasteiger partial charge < -0.3 is 74.7 Å². The van der Waals surface area contributed by atoms with E-state index >= 15 is 0 Å². The molecule has 0 radical (unpaired) electrons. The van der Waals surface area contributed by atoms with Crippen LogP contribution in [0.2, 0.25) is 0 Å². The highest BCUT2D eigenvalue weighted by Gasteiger charge is 2.37. The summed E-state index contributed by atoms with van der Waals surface area (Å²) in [6.07, 6.45) is 3.45. The molecule has 1 aliphatic heterocycles. The fourth-order valence-corrected chi connectivity index (χ4v) is 7.59. The number of benzene rings is 1. The molecule has 76 heavy (non-hydrogen) atoms. The molecule has 1 saturated heterocycles. The number of allylic oxidation sites excluding steroid dienone is 2. The van der Waals surface area contributed by atoms with Crippen molar-refractivity contribution in [3.63, 3.8) is 0 Å². The van der Waals surface area contributed by atoms with Gasteiger partial charge in [0, 0.05) is 45.8 Å². The lowest BCUT2D eigenvalue weighted by atomic mass is 9.94. The lowest BCUT2D eigenvalue weighted by Crippen LogP contribution is -2.59. The van der Waals surface area contributed by atoms with Gasteiger partial charge in [-0.1, -0.05) is 81.5 Å². The van der Waals surface area contributed by atoms with Gasteiger partial charge in [0.25, 0.3) is 5.91 Å². The Balaban J connectivity index is 2.77. The number of aliphatic carboxylic acids is 2. The first kappa shape index (κ1) is 63.8. The number of amides is 7. The van der Waals surface area contributed by atoms with Gasteiger partial charge in [-0.3, -0.25) is 48.3 Å². The van der Waals surface area contributed by atoms with Gasteiger partial charge in [0.2, 0.25) is 35.4 Å². The van der Waals surface area contributed by atoms with Crippen molar-refractivity contribution in [2.24, 2.45) is 50.7 Å². The summed E-state index contributed by atoms with van der Waals surface area (Å²) in [6.45, 7) is 12.3. The molecule has 26 nitrogen and oxygen atoms in total. The number of nitrogens with zero attached hydrogens (tertiary/aromatic N) is 3. The predicted octanol–water partition coefficient (Wildman–Crippen LogP) is -1.46. The first-order valence-corrected chi connectivity index (χ1v) is 24.6. The van der Waals surface area contributed by atoms with Crippen molar-refractivity contribution in [2.75, 3.05) is 20.1 Å². The lowest BCUT2D eigenvalue weighted by molar-refractivity contribution is -0.148. The first-order chi connectivity index (χ1) is 35.6. The fraction of sp³-hybridized carbons (Fsp3) is 0.520. The van der Waals surface area contributed by atoms with Crippen molar-refractivity contribution in [1.82, 2.24) is 36.8 Å². The van der Waals surface area contributed by atoms with Crippen molar-refractivity contribution in [1.29, 1.82) is 0 Å². The van der Waals surface area contributed by atoms with E-state index in [1.807, 2.05) is 43.3 Å². The maximum Gasteiger partial charge on any atom is 0.327 e. The minimum Gasteiger partial charge on any atom is -0.480 e. The monoisotopic (exact) mass is 1070 g/mol. The number of carbonyl (C=O) groups is 10. The third-order valence-electron chi connectivity index (χ3n) is 12.2. The number of carboxylic acid groups (broad SMARTS) is 2. The van der Waals surface area contributed by atoms with Gasteiger partial charge in [-0.05, 0) is 51.5 Å². The van der Waals surface area contributed by atoms with Crippen molar-refractivity contribution in [2.45, 2.75) is 129 Å². The van der Waals surface area contributed by atoms with Gasteiger partial charge in [0.05, 0.1) is 17.9 Å². The molecule has 1 fully saturated rings. The second kappa shape index (κ2) is 31.4. The second-order valence-electron chi connectivity index (χ2n) is 18.5. The molecule has 7 amide bonds. The topological polar surface area (TPSA) is 425 Å². The van der Waals surface area contributed by atoms with Crippen LogP contribution >= 0.6 is 0 Å². The Morgan fingerprint density at radius 1 is 0.763 bits per heavy atom. The average Bonchev–Trinajstić information content (AvgIpc) is 3.35. The largest absolute Gasteiger partial charge is 0.480 e. The molecule has 1 aliphatic rings.